The van der Waals surface area contributed by atoms with Gasteiger partial charge in [0.05, 0.1) is 5.85 Å². The van der Waals surface area contributed by atoms with E-state index in [4.69, 9.17) is 0 Å². The maximum absolute atomic E-state index is 12.9. The van der Waals surface area contributed by atoms with Gasteiger partial charge in [-0.3, -0.25) is 0 Å². The summed E-state index contributed by atoms with van der Waals surface area (Å²) in [5.74, 6) is -0.720. The quantitative estimate of drug-likeness (QED) is 0.763. The monoisotopic (exact) mass is 275 g/mol. The predicted octanol–water partition coefficient (Wildman–Crippen LogP) is 1.55. The van der Waals surface area contributed by atoms with E-state index < -0.39 is 13.6 Å². The van der Waals surface area contributed by atoms with Gasteiger partial charge in [0, 0.05) is 47.2 Å². The normalized spacial score (nSPS) is 14.9. The van der Waals surface area contributed by atoms with Gasteiger partial charge in [0.15, 0.2) is 0 Å². The van der Waals surface area contributed by atoms with Crippen molar-refractivity contribution < 1.29 is 5.11 Å². The van der Waals surface area contributed by atoms with Gasteiger partial charge in [0.1, 0.15) is 0 Å². The first-order valence-electron chi connectivity index (χ1n) is 5.46. The largest absolute Gasteiger partial charge is 0.813 e. The number of thiophene rings is 1. The molecule has 6 heteroatoms. The van der Waals surface area contributed by atoms with Crippen LogP contribution in [0.25, 0.3) is 0 Å². The SMILES string of the molecule is CN(C)[P+](C([O-])c1cccs1)(N(C)C)N(C)C. The zero-order chi connectivity index (χ0) is 13.2. The van der Waals surface area contributed by atoms with Crippen molar-refractivity contribution in [3.8, 4) is 0 Å². The van der Waals surface area contributed by atoms with Gasteiger partial charge in [-0.05, 0) is 11.4 Å². The van der Waals surface area contributed by atoms with Crippen molar-refractivity contribution in [1.82, 2.24) is 14.0 Å². The van der Waals surface area contributed by atoms with E-state index in [9.17, 15) is 5.11 Å². The number of hydrogen-bond acceptors (Lipinski definition) is 5. The molecule has 4 nitrogen and oxygen atoms in total. The molecule has 0 saturated heterocycles. The molecule has 0 aliphatic heterocycles. The molecule has 0 aliphatic rings. The lowest BCUT2D eigenvalue weighted by molar-refractivity contribution is -0.397. The fourth-order valence-electron chi connectivity index (χ4n) is 2.31. The predicted molar refractivity (Wildman–Crippen MR) is 75.0 cm³/mol. The molecule has 1 aromatic rings. The fourth-order valence-corrected chi connectivity index (χ4v) is 7.33. The van der Waals surface area contributed by atoms with Gasteiger partial charge in [0.2, 0.25) is 7.71 Å². The highest BCUT2D eigenvalue weighted by atomic mass is 32.1. The summed E-state index contributed by atoms with van der Waals surface area (Å²) in [5.41, 5.74) is 0. The Balaban J connectivity index is 3.22. The first-order valence-corrected chi connectivity index (χ1v) is 8.06. The molecule has 0 aliphatic carbocycles. The van der Waals surface area contributed by atoms with Crippen LogP contribution < -0.4 is 5.11 Å². The second kappa shape index (κ2) is 5.74. The molecule has 0 fully saturated rings. The molecule has 1 rings (SSSR count). The van der Waals surface area contributed by atoms with Gasteiger partial charge in [-0.15, -0.1) is 11.3 Å². The van der Waals surface area contributed by atoms with Crippen LogP contribution in [0.5, 0.6) is 0 Å². The molecular weight excluding hydrogens is 253 g/mol. The Hall–Kier alpha value is -0.0300. The topological polar surface area (TPSA) is 32.8 Å². The second-order valence-corrected chi connectivity index (χ2v) is 9.60. The highest BCUT2D eigenvalue weighted by Gasteiger charge is 2.50. The molecule has 0 aromatic carbocycles. The third-order valence-electron chi connectivity index (χ3n) is 2.87. The van der Waals surface area contributed by atoms with Crippen LogP contribution in [0.2, 0.25) is 0 Å². The van der Waals surface area contributed by atoms with E-state index in [0.29, 0.717) is 0 Å². The molecule has 1 heterocycles. The van der Waals surface area contributed by atoms with Crippen molar-refractivity contribution in [2.75, 3.05) is 42.3 Å². The summed E-state index contributed by atoms with van der Waals surface area (Å²) in [5, 5.41) is 14.8. The Kier molecular flexibility index (Phi) is 5.07. The van der Waals surface area contributed by atoms with Gasteiger partial charge in [-0.25, -0.2) is 0 Å². The summed E-state index contributed by atoms with van der Waals surface area (Å²) in [6, 6.07) is 3.88. The summed E-state index contributed by atoms with van der Waals surface area (Å²) in [6.07, 6.45) is 0. The molecule has 0 bridgehead atoms. The minimum atomic E-state index is -2.04. The molecular formula is C11H22N3OPS. The van der Waals surface area contributed by atoms with Crippen LogP contribution in [0.15, 0.2) is 17.5 Å². The molecule has 0 N–H and O–H groups in total. The van der Waals surface area contributed by atoms with E-state index in [1.165, 1.54) is 0 Å². The molecule has 0 amide bonds. The maximum Gasteiger partial charge on any atom is 0.218 e. The molecule has 0 radical (unpaired) electrons. The molecule has 1 unspecified atom stereocenters. The van der Waals surface area contributed by atoms with Crippen molar-refractivity contribution >= 4 is 19.1 Å². The Morgan fingerprint density at radius 3 is 1.82 bits per heavy atom. The zero-order valence-electron chi connectivity index (χ0n) is 11.4. The summed E-state index contributed by atoms with van der Waals surface area (Å²) in [4.78, 5) is 0.912. The first kappa shape index (κ1) is 15.0. The lowest BCUT2D eigenvalue weighted by atomic mass is 10.5. The molecule has 1 atom stereocenters. The van der Waals surface area contributed by atoms with Crippen LogP contribution in [0.3, 0.4) is 0 Å². The Morgan fingerprint density at radius 2 is 1.53 bits per heavy atom. The first-order chi connectivity index (χ1) is 7.85. The van der Waals surface area contributed by atoms with E-state index in [0.717, 1.165) is 4.88 Å². The van der Waals surface area contributed by atoms with Gasteiger partial charge in [0.25, 0.3) is 0 Å². The summed E-state index contributed by atoms with van der Waals surface area (Å²) in [6.45, 7) is 0. The molecule has 98 valence electrons. The lowest BCUT2D eigenvalue weighted by Gasteiger charge is -2.47. The average Bonchev–Trinajstić information content (AvgIpc) is 2.68. The second-order valence-electron chi connectivity index (χ2n) is 4.52. The van der Waals surface area contributed by atoms with Crippen molar-refractivity contribution in [1.29, 1.82) is 0 Å². The smallest absolute Gasteiger partial charge is 0.218 e. The third kappa shape index (κ3) is 2.55. The van der Waals surface area contributed by atoms with Crippen LogP contribution in [-0.4, -0.2) is 56.3 Å². The van der Waals surface area contributed by atoms with Crippen LogP contribution in [0.1, 0.15) is 10.7 Å². The van der Waals surface area contributed by atoms with Crippen molar-refractivity contribution in [2.24, 2.45) is 0 Å². The Bertz CT molecular complexity index is 319. The summed E-state index contributed by atoms with van der Waals surface area (Å²) < 4.78 is 6.26. The van der Waals surface area contributed by atoms with E-state index >= 15 is 0 Å². The van der Waals surface area contributed by atoms with Crippen LogP contribution in [-0.2, 0) is 0 Å². The lowest BCUT2D eigenvalue weighted by Crippen LogP contribution is -2.42. The molecule has 1 aromatic heterocycles. The maximum atomic E-state index is 12.9. The molecule has 0 spiro atoms. The highest BCUT2D eigenvalue weighted by molar-refractivity contribution is 7.69. The molecule has 17 heavy (non-hydrogen) atoms. The molecule has 0 saturated carbocycles. The summed E-state index contributed by atoms with van der Waals surface area (Å²) >= 11 is 1.55. The van der Waals surface area contributed by atoms with E-state index in [2.05, 4.69) is 14.0 Å². The summed E-state index contributed by atoms with van der Waals surface area (Å²) in [7, 11) is 9.92. The van der Waals surface area contributed by atoms with Gasteiger partial charge in [-0.1, -0.05) is 6.07 Å². The van der Waals surface area contributed by atoms with E-state index in [1.807, 2.05) is 59.8 Å². The van der Waals surface area contributed by atoms with E-state index in [-0.39, 0.29) is 0 Å². The Morgan fingerprint density at radius 1 is 1.06 bits per heavy atom. The highest BCUT2D eigenvalue weighted by Crippen LogP contribution is 2.71. The van der Waals surface area contributed by atoms with Crippen LogP contribution >= 0.6 is 19.1 Å². The number of hydrogen-bond donors (Lipinski definition) is 0. The fraction of sp³-hybridized carbons (Fsp3) is 0.636. The van der Waals surface area contributed by atoms with Gasteiger partial charge in [-0.2, -0.15) is 14.0 Å². The minimum absolute atomic E-state index is 0.720. The number of rotatable bonds is 5. The van der Waals surface area contributed by atoms with Crippen molar-refractivity contribution in [2.45, 2.75) is 5.85 Å². The van der Waals surface area contributed by atoms with Gasteiger partial charge >= 0.3 is 0 Å². The van der Waals surface area contributed by atoms with Crippen molar-refractivity contribution in [3.63, 3.8) is 0 Å². The van der Waals surface area contributed by atoms with Crippen LogP contribution in [0.4, 0.5) is 0 Å². The standard InChI is InChI=1S/C11H22N3OPS/c1-12(2)16(13(3)4,14(5)6)11(15)10-8-7-9-17-10/h7-9,11H,1-6H3. The van der Waals surface area contributed by atoms with Crippen LogP contribution in [0, 0.1) is 0 Å². The van der Waals surface area contributed by atoms with Gasteiger partial charge < -0.3 is 5.11 Å². The van der Waals surface area contributed by atoms with E-state index in [1.54, 1.807) is 11.3 Å². The van der Waals surface area contributed by atoms with Crippen molar-refractivity contribution in [3.05, 3.63) is 22.4 Å². The Labute approximate surface area is 109 Å². The third-order valence-corrected chi connectivity index (χ3v) is 8.40. The number of nitrogens with zero attached hydrogens (tertiary/aromatic N) is 3. The zero-order valence-corrected chi connectivity index (χ0v) is 13.1. The average molecular weight is 275 g/mol. The minimum Gasteiger partial charge on any atom is -0.813 e.